The normalized spacial score (nSPS) is 16.6. The highest BCUT2D eigenvalue weighted by Crippen LogP contribution is 2.35. The van der Waals surface area contributed by atoms with Gasteiger partial charge in [-0.25, -0.2) is 13.4 Å². The van der Waals surface area contributed by atoms with Crippen molar-refractivity contribution in [2.75, 3.05) is 42.7 Å². The molecule has 1 saturated heterocycles. The maximum absolute atomic E-state index is 11.8. The Morgan fingerprint density at radius 3 is 2.75 bits per heavy atom. The van der Waals surface area contributed by atoms with Crippen LogP contribution in [-0.2, 0) is 14.8 Å². The van der Waals surface area contributed by atoms with Crippen molar-refractivity contribution in [3.8, 4) is 23.1 Å². The number of nitriles is 1. The van der Waals surface area contributed by atoms with Gasteiger partial charge in [0.15, 0.2) is 0 Å². The van der Waals surface area contributed by atoms with Gasteiger partial charge in [-0.15, -0.1) is 0 Å². The molecule has 1 atom stereocenters. The summed E-state index contributed by atoms with van der Waals surface area (Å²) in [5.74, 6) is 0.177. The summed E-state index contributed by atoms with van der Waals surface area (Å²) in [7, 11) is -2.09. The molecule has 0 amide bonds. The van der Waals surface area contributed by atoms with Gasteiger partial charge < -0.3 is 14.4 Å². The lowest BCUT2D eigenvalue weighted by molar-refractivity contribution is 0.0533. The number of nitrogens with zero attached hydrogens (tertiary/aromatic N) is 4. The number of nitrogens with one attached hydrogen (secondary N) is 1. The van der Waals surface area contributed by atoms with Crippen molar-refractivity contribution in [1.29, 1.82) is 5.26 Å². The molecule has 166 valence electrons. The Kier molecular flexibility index (Phi) is 5.86. The van der Waals surface area contributed by atoms with E-state index in [1.54, 1.807) is 18.5 Å². The minimum absolute atomic E-state index is 0.0529. The van der Waals surface area contributed by atoms with Crippen molar-refractivity contribution in [1.82, 2.24) is 9.97 Å². The Morgan fingerprint density at radius 2 is 2.06 bits per heavy atom. The second-order valence-electron chi connectivity index (χ2n) is 7.65. The van der Waals surface area contributed by atoms with Crippen molar-refractivity contribution in [2.45, 2.75) is 13.0 Å². The van der Waals surface area contributed by atoms with E-state index < -0.39 is 10.0 Å². The van der Waals surface area contributed by atoms with E-state index in [4.69, 9.17) is 9.47 Å². The molecule has 9 nitrogen and oxygen atoms in total. The van der Waals surface area contributed by atoms with E-state index in [0.717, 1.165) is 28.4 Å². The second kappa shape index (κ2) is 8.61. The number of benzene rings is 1. The Balaban J connectivity index is 1.86. The maximum atomic E-state index is 11.8. The van der Waals surface area contributed by atoms with E-state index in [0.29, 0.717) is 30.8 Å². The number of hydrogen-bond acceptors (Lipinski definition) is 8. The summed E-state index contributed by atoms with van der Waals surface area (Å²) >= 11 is 0. The summed E-state index contributed by atoms with van der Waals surface area (Å²) in [5.41, 5.74) is 3.84. The predicted molar refractivity (Wildman–Crippen MR) is 122 cm³/mol. The van der Waals surface area contributed by atoms with Gasteiger partial charge in [0, 0.05) is 36.4 Å². The average Bonchev–Trinajstić information content (AvgIpc) is 2.76. The van der Waals surface area contributed by atoms with Crippen molar-refractivity contribution in [3.63, 3.8) is 0 Å². The minimum atomic E-state index is -3.51. The lowest BCUT2D eigenvalue weighted by atomic mass is 10.0. The largest absolute Gasteiger partial charge is 0.480 e. The van der Waals surface area contributed by atoms with Gasteiger partial charge in [-0.2, -0.15) is 5.26 Å². The zero-order valence-electron chi connectivity index (χ0n) is 18.0. The zero-order chi connectivity index (χ0) is 22.9. The van der Waals surface area contributed by atoms with E-state index in [1.807, 2.05) is 25.1 Å². The first-order valence-electron chi connectivity index (χ1n) is 10.0. The number of methoxy groups -OCH3 is 1. The Bertz CT molecular complexity index is 1320. The van der Waals surface area contributed by atoms with Crippen LogP contribution in [0, 0.1) is 11.3 Å². The molecule has 32 heavy (non-hydrogen) atoms. The molecule has 0 aliphatic carbocycles. The Labute approximate surface area is 186 Å². The molecule has 1 N–H and O–H groups in total. The van der Waals surface area contributed by atoms with E-state index in [-0.39, 0.29) is 17.7 Å². The molecule has 1 unspecified atom stereocenters. The number of anilines is 2. The van der Waals surface area contributed by atoms with Crippen molar-refractivity contribution in [2.24, 2.45) is 0 Å². The minimum Gasteiger partial charge on any atom is -0.480 e. The topological polar surface area (TPSA) is 117 Å². The highest BCUT2D eigenvalue weighted by atomic mass is 32.2. The van der Waals surface area contributed by atoms with Crippen LogP contribution < -0.4 is 14.4 Å². The van der Waals surface area contributed by atoms with Crippen LogP contribution in [-0.4, -0.2) is 57.6 Å². The fourth-order valence-electron chi connectivity index (χ4n) is 3.85. The third kappa shape index (κ3) is 4.44. The summed E-state index contributed by atoms with van der Waals surface area (Å²) < 4.78 is 36.8. The molecule has 0 radical (unpaired) electrons. The van der Waals surface area contributed by atoms with Gasteiger partial charge in [-0.3, -0.25) is 9.71 Å². The van der Waals surface area contributed by atoms with Crippen molar-refractivity contribution < 1.29 is 17.9 Å². The smallest absolute Gasteiger partial charge is 0.238 e. The fourth-order valence-corrected chi connectivity index (χ4v) is 4.39. The number of aromatic nitrogens is 2. The Morgan fingerprint density at radius 1 is 1.25 bits per heavy atom. The molecule has 0 bridgehead atoms. The van der Waals surface area contributed by atoms with Gasteiger partial charge in [-0.05, 0) is 30.7 Å². The predicted octanol–water partition coefficient (Wildman–Crippen LogP) is 2.77. The molecule has 0 spiro atoms. The third-order valence-corrected chi connectivity index (χ3v) is 5.78. The quantitative estimate of drug-likeness (QED) is 0.627. The molecule has 3 aromatic rings. The molecule has 2 aromatic heterocycles. The zero-order valence-corrected chi connectivity index (χ0v) is 18.8. The molecule has 1 aliphatic heterocycles. The van der Waals surface area contributed by atoms with Gasteiger partial charge in [0.2, 0.25) is 15.9 Å². The molecule has 10 heteroatoms. The van der Waals surface area contributed by atoms with Crippen molar-refractivity contribution >= 4 is 32.3 Å². The van der Waals surface area contributed by atoms with Gasteiger partial charge in [0.1, 0.15) is 11.8 Å². The maximum Gasteiger partial charge on any atom is 0.238 e. The fraction of sp³-hybridized carbons (Fsp3) is 0.318. The molecule has 4 rings (SSSR count). The van der Waals surface area contributed by atoms with Crippen LogP contribution in [0.25, 0.3) is 22.0 Å². The molecular weight excluding hydrogens is 430 g/mol. The number of fused-ring (bicyclic) bond motifs is 1. The lowest BCUT2D eigenvalue weighted by Crippen LogP contribution is -2.41. The SMILES string of the molecule is COc1ncc(-c2ccc3ncc(C#N)c(N4CCOC(C)C4)c3c2)cc1NS(C)(=O)=O. The van der Waals surface area contributed by atoms with Crippen LogP contribution in [0.3, 0.4) is 0 Å². The number of rotatable bonds is 5. The van der Waals surface area contributed by atoms with E-state index in [1.165, 1.54) is 7.11 Å². The van der Waals surface area contributed by atoms with Crippen LogP contribution in [0.1, 0.15) is 12.5 Å². The van der Waals surface area contributed by atoms with Crippen LogP contribution in [0.2, 0.25) is 0 Å². The number of pyridine rings is 2. The van der Waals surface area contributed by atoms with E-state index in [2.05, 4.69) is 25.7 Å². The molecule has 0 saturated carbocycles. The van der Waals surface area contributed by atoms with Gasteiger partial charge in [0.25, 0.3) is 0 Å². The summed E-state index contributed by atoms with van der Waals surface area (Å²) in [5, 5.41) is 10.6. The number of sulfonamides is 1. The molecule has 1 aromatic carbocycles. The van der Waals surface area contributed by atoms with E-state index in [9.17, 15) is 13.7 Å². The standard InChI is InChI=1S/C22H23N5O4S/c1-14-13-27(6-7-31-14)21-17(10-23)12-24-19-5-4-15(8-18(19)21)16-9-20(26-32(3,28)29)22(30-2)25-11-16/h4-5,8-9,11-12,14,26H,6-7,13H2,1-3H3. The van der Waals surface area contributed by atoms with Gasteiger partial charge in [0.05, 0.1) is 42.8 Å². The third-order valence-electron chi connectivity index (χ3n) is 5.19. The van der Waals surface area contributed by atoms with Crippen LogP contribution in [0.15, 0.2) is 36.7 Å². The summed E-state index contributed by atoms with van der Waals surface area (Å²) in [4.78, 5) is 10.9. The first-order chi connectivity index (χ1) is 15.3. The summed E-state index contributed by atoms with van der Waals surface area (Å²) in [6.07, 6.45) is 4.34. The molecule has 1 fully saturated rings. The molecule has 1 aliphatic rings. The van der Waals surface area contributed by atoms with Gasteiger partial charge >= 0.3 is 0 Å². The van der Waals surface area contributed by atoms with Crippen LogP contribution >= 0.6 is 0 Å². The summed E-state index contributed by atoms with van der Waals surface area (Å²) in [6.45, 7) is 3.93. The average molecular weight is 454 g/mol. The first-order valence-corrected chi connectivity index (χ1v) is 11.9. The highest BCUT2D eigenvalue weighted by molar-refractivity contribution is 7.92. The second-order valence-corrected chi connectivity index (χ2v) is 9.40. The van der Waals surface area contributed by atoms with Crippen molar-refractivity contribution in [3.05, 3.63) is 42.2 Å². The number of morpholine rings is 1. The van der Waals surface area contributed by atoms with Crippen LogP contribution in [0.4, 0.5) is 11.4 Å². The van der Waals surface area contributed by atoms with E-state index >= 15 is 0 Å². The molecule has 3 heterocycles. The molecular formula is C22H23N5O4S. The lowest BCUT2D eigenvalue weighted by Gasteiger charge is -2.34. The Hall–Kier alpha value is -3.42. The monoisotopic (exact) mass is 453 g/mol. The van der Waals surface area contributed by atoms with Crippen LogP contribution in [0.5, 0.6) is 5.88 Å². The number of hydrogen-bond donors (Lipinski definition) is 1. The first kappa shape index (κ1) is 21.8. The summed E-state index contributed by atoms with van der Waals surface area (Å²) in [6, 6.07) is 9.65. The van der Waals surface area contributed by atoms with Gasteiger partial charge in [-0.1, -0.05) is 6.07 Å². The number of ether oxygens (including phenoxy) is 2. The highest BCUT2D eigenvalue weighted by Gasteiger charge is 2.22.